The molecule has 5 nitrogen and oxygen atoms in total. The Balaban J connectivity index is 0.00000182. The average molecular weight is 355 g/mol. The van der Waals surface area contributed by atoms with Crippen molar-refractivity contribution in [2.75, 3.05) is 0 Å². The van der Waals surface area contributed by atoms with Crippen LogP contribution in [0.5, 0.6) is 0 Å². The standard InChI is InChI=1S/C17H10FN5S.FH/c18-12-7-11(8-19-9-12)17-22-10-15(24-17)13-3-1-4-14(23-13)16-20-5-2-6-21-16;/h1-10H;1H. The van der Waals surface area contributed by atoms with Crippen LogP contribution >= 0.6 is 11.3 Å². The molecule has 0 aliphatic carbocycles. The fourth-order valence-corrected chi connectivity index (χ4v) is 3.05. The summed E-state index contributed by atoms with van der Waals surface area (Å²) < 4.78 is 13.3. The molecular formula is C17H11F2N5S. The molecule has 0 N–H and O–H groups in total. The molecule has 0 atom stereocenters. The molecule has 0 spiro atoms. The van der Waals surface area contributed by atoms with Gasteiger partial charge in [-0.15, -0.1) is 11.3 Å². The molecule has 0 saturated carbocycles. The van der Waals surface area contributed by atoms with E-state index >= 15 is 0 Å². The summed E-state index contributed by atoms with van der Waals surface area (Å²) in [7, 11) is 0. The molecule has 0 amide bonds. The van der Waals surface area contributed by atoms with E-state index < -0.39 is 0 Å². The molecule has 0 aromatic carbocycles. The van der Waals surface area contributed by atoms with Gasteiger partial charge in [0.05, 0.1) is 16.8 Å². The Hall–Kier alpha value is -3.13. The molecule has 0 bridgehead atoms. The Morgan fingerprint density at radius 3 is 2.48 bits per heavy atom. The molecule has 0 radical (unpaired) electrons. The SMILES string of the molecule is F.Fc1cncc(-c2ncc(-c3cccc(-c4ncccn4)n3)s2)c1. The number of thiazole rings is 1. The summed E-state index contributed by atoms with van der Waals surface area (Å²) in [5.74, 6) is 0.184. The maximum atomic E-state index is 13.3. The van der Waals surface area contributed by atoms with Gasteiger partial charge in [0.1, 0.15) is 16.5 Å². The highest BCUT2D eigenvalue weighted by molar-refractivity contribution is 7.18. The predicted molar refractivity (Wildman–Crippen MR) is 92.1 cm³/mol. The second kappa shape index (κ2) is 7.18. The van der Waals surface area contributed by atoms with Crippen LogP contribution in [0.4, 0.5) is 9.09 Å². The third-order valence-electron chi connectivity index (χ3n) is 3.25. The number of rotatable bonds is 3. The van der Waals surface area contributed by atoms with Gasteiger partial charge in [0.2, 0.25) is 0 Å². The summed E-state index contributed by atoms with van der Waals surface area (Å²) in [6, 6.07) is 8.83. The third kappa shape index (κ3) is 3.53. The predicted octanol–water partition coefficient (Wildman–Crippen LogP) is 4.02. The monoisotopic (exact) mass is 355 g/mol. The summed E-state index contributed by atoms with van der Waals surface area (Å²) in [6.07, 6.45) is 7.84. The Kier molecular flexibility index (Phi) is 4.80. The molecule has 4 aromatic heterocycles. The van der Waals surface area contributed by atoms with Gasteiger partial charge in [0.25, 0.3) is 0 Å². The molecule has 124 valence electrons. The van der Waals surface area contributed by atoms with Crippen LogP contribution in [0, 0.1) is 5.82 Å². The molecule has 4 heterocycles. The van der Waals surface area contributed by atoms with E-state index in [1.165, 1.54) is 23.6 Å². The summed E-state index contributed by atoms with van der Waals surface area (Å²) in [6.45, 7) is 0. The summed E-state index contributed by atoms with van der Waals surface area (Å²) >= 11 is 1.43. The van der Waals surface area contributed by atoms with E-state index in [0.717, 1.165) is 10.6 Å². The van der Waals surface area contributed by atoms with Crippen molar-refractivity contribution in [3.8, 4) is 32.7 Å². The van der Waals surface area contributed by atoms with E-state index in [0.29, 0.717) is 22.1 Å². The highest BCUT2D eigenvalue weighted by Gasteiger charge is 2.10. The lowest BCUT2D eigenvalue weighted by Gasteiger charge is -2.01. The summed E-state index contributed by atoms with van der Waals surface area (Å²) in [4.78, 5) is 22.1. The minimum Gasteiger partial charge on any atom is -0.269 e. The largest absolute Gasteiger partial charge is 0.269 e. The quantitative estimate of drug-likeness (QED) is 0.555. The van der Waals surface area contributed by atoms with Crippen LogP contribution in [-0.4, -0.2) is 24.9 Å². The summed E-state index contributed by atoms with van der Waals surface area (Å²) in [5, 5.41) is 0.695. The zero-order valence-electron chi connectivity index (χ0n) is 12.7. The lowest BCUT2D eigenvalue weighted by molar-refractivity contribution is 0.622. The number of halogens is 2. The van der Waals surface area contributed by atoms with Crippen LogP contribution in [-0.2, 0) is 0 Å². The molecule has 0 aliphatic rings. The molecule has 8 heteroatoms. The van der Waals surface area contributed by atoms with Crippen molar-refractivity contribution < 1.29 is 9.09 Å². The van der Waals surface area contributed by atoms with Crippen molar-refractivity contribution in [3.63, 3.8) is 0 Å². The van der Waals surface area contributed by atoms with E-state index in [9.17, 15) is 4.39 Å². The first-order chi connectivity index (χ1) is 11.8. The van der Waals surface area contributed by atoms with Crippen molar-refractivity contribution >= 4 is 11.3 Å². The maximum absolute atomic E-state index is 13.3. The van der Waals surface area contributed by atoms with E-state index in [-0.39, 0.29) is 10.5 Å². The number of pyridine rings is 2. The Bertz CT molecular complexity index is 991. The molecular weight excluding hydrogens is 344 g/mol. The van der Waals surface area contributed by atoms with Gasteiger partial charge in [-0.2, -0.15) is 0 Å². The van der Waals surface area contributed by atoms with Gasteiger partial charge in [-0.25, -0.2) is 24.3 Å². The second-order valence-electron chi connectivity index (χ2n) is 4.90. The molecule has 0 aliphatic heterocycles. The molecule has 0 saturated heterocycles. The number of aromatic nitrogens is 5. The zero-order valence-corrected chi connectivity index (χ0v) is 13.5. The van der Waals surface area contributed by atoms with E-state index in [2.05, 4.69) is 24.9 Å². The number of hydrogen-bond donors (Lipinski definition) is 0. The van der Waals surface area contributed by atoms with Crippen molar-refractivity contribution in [2.45, 2.75) is 0 Å². The van der Waals surface area contributed by atoms with E-state index in [1.54, 1.807) is 30.9 Å². The average Bonchev–Trinajstić information content (AvgIpc) is 3.13. The summed E-state index contributed by atoms with van der Waals surface area (Å²) in [5.41, 5.74) is 2.11. The first-order valence-electron chi connectivity index (χ1n) is 7.11. The molecule has 4 aromatic rings. The lowest BCUT2D eigenvalue weighted by atomic mass is 10.2. The Morgan fingerprint density at radius 2 is 1.68 bits per heavy atom. The number of nitrogens with zero attached hydrogens (tertiary/aromatic N) is 5. The first-order valence-corrected chi connectivity index (χ1v) is 7.93. The normalized spacial score (nSPS) is 10.3. The van der Waals surface area contributed by atoms with Gasteiger partial charge in [-0.05, 0) is 24.3 Å². The Morgan fingerprint density at radius 1 is 0.880 bits per heavy atom. The highest BCUT2D eigenvalue weighted by atomic mass is 32.1. The topological polar surface area (TPSA) is 64.5 Å². The maximum Gasteiger partial charge on any atom is 0.178 e. The van der Waals surface area contributed by atoms with Crippen LogP contribution in [0.15, 0.2) is 61.3 Å². The number of hydrogen-bond acceptors (Lipinski definition) is 6. The van der Waals surface area contributed by atoms with Gasteiger partial charge in [0, 0.05) is 30.4 Å². The highest BCUT2D eigenvalue weighted by Crippen LogP contribution is 2.31. The third-order valence-corrected chi connectivity index (χ3v) is 4.32. The van der Waals surface area contributed by atoms with Crippen LogP contribution < -0.4 is 0 Å². The van der Waals surface area contributed by atoms with Crippen LogP contribution in [0.3, 0.4) is 0 Å². The van der Waals surface area contributed by atoms with Crippen molar-refractivity contribution in [3.05, 3.63) is 67.1 Å². The van der Waals surface area contributed by atoms with Crippen LogP contribution in [0.2, 0.25) is 0 Å². The first kappa shape index (κ1) is 16.7. The van der Waals surface area contributed by atoms with Crippen molar-refractivity contribution in [1.29, 1.82) is 0 Å². The van der Waals surface area contributed by atoms with Gasteiger partial charge >= 0.3 is 0 Å². The van der Waals surface area contributed by atoms with Gasteiger partial charge in [-0.1, -0.05) is 6.07 Å². The van der Waals surface area contributed by atoms with Gasteiger partial charge in [-0.3, -0.25) is 9.69 Å². The minimum atomic E-state index is -0.384. The zero-order chi connectivity index (χ0) is 16.4. The van der Waals surface area contributed by atoms with E-state index in [1.807, 2.05) is 18.2 Å². The lowest BCUT2D eigenvalue weighted by Crippen LogP contribution is -1.91. The molecule has 4 rings (SSSR count). The van der Waals surface area contributed by atoms with Crippen LogP contribution in [0.25, 0.3) is 32.7 Å². The Labute approximate surface area is 145 Å². The second-order valence-corrected chi connectivity index (χ2v) is 5.93. The smallest absolute Gasteiger partial charge is 0.178 e. The van der Waals surface area contributed by atoms with Crippen molar-refractivity contribution in [1.82, 2.24) is 24.9 Å². The fraction of sp³-hybridized carbons (Fsp3) is 0. The molecule has 25 heavy (non-hydrogen) atoms. The van der Waals surface area contributed by atoms with Crippen molar-refractivity contribution in [2.24, 2.45) is 0 Å². The molecule has 0 fully saturated rings. The van der Waals surface area contributed by atoms with Gasteiger partial charge in [0.15, 0.2) is 5.82 Å². The van der Waals surface area contributed by atoms with E-state index in [4.69, 9.17) is 0 Å². The molecule has 0 unspecified atom stereocenters. The van der Waals surface area contributed by atoms with Crippen LogP contribution in [0.1, 0.15) is 0 Å². The van der Waals surface area contributed by atoms with Gasteiger partial charge < -0.3 is 0 Å². The fourth-order valence-electron chi connectivity index (χ4n) is 2.18. The minimum absolute atomic E-state index is 0.